The van der Waals surface area contributed by atoms with Crippen LogP contribution in [0.2, 0.25) is 0 Å². The Kier molecular flexibility index (Phi) is 3.24. The predicted octanol–water partition coefficient (Wildman–Crippen LogP) is 2.54. The number of aromatic nitrogens is 3. The van der Waals surface area contributed by atoms with Crippen LogP contribution in [0.3, 0.4) is 0 Å². The van der Waals surface area contributed by atoms with Crippen LogP contribution in [0, 0.1) is 13.8 Å². The Balaban J connectivity index is 2.33. The summed E-state index contributed by atoms with van der Waals surface area (Å²) in [6.07, 6.45) is 2.54. The number of rotatable bonds is 3. The van der Waals surface area contributed by atoms with Crippen molar-refractivity contribution < 1.29 is 0 Å². The van der Waals surface area contributed by atoms with E-state index in [0.29, 0.717) is 6.54 Å². The van der Waals surface area contributed by atoms with Gasteiger partial charge in [-0.1, -0.05) is 12.1 Å². The molecule has 0 bridgehead atoms. The second kappa shape index (κ2) is 5.06. The van der Waals surface area contributed by atoms with Gasteiger partial charge in [-0.15, -0.1) is 0 Å². The summed E-state index contributed by atoms with van der Waals surface area (Å²) in [7, 11) is 0. The Morgan fingerprint density at radius 2 is 2.05 bits per heavy atom. The molecule has 4 nitrogen and oxygen atoms in total. The van der Waals surface area contributed by atoms with Crippen molar-refractivity contribution in [1.82, 2.24) is 14.5 Å². The number of hydrogen-bond acceptors (Lipinski definition) is 3. The van der Waals surface area contributed by atoms with Crippen molar-refractivity contribution in [2.45, 2.75) is 20.3 Å². The molecule has 2 heterocycles. The van der Waals surface area contributed by atoms with E-state index < -0.39 is 0 Å². The lowest BCUT2D eigenvalue weighted by Gasteiger charge is -2.12. The number of nitrogens with zero attached hydrogens (tertiary/aromatic N) is 3. The largest absolute Gasteiger partial charge is 0.330 e. The molecule has 1 aromatic carbocycles. The molecule has 0 amide bonds. The van der Waals surface area contributed by atoms with Crippen LogP contribution in [-0.2, 0) is 6.42 Å². The summed E-state index contributed by atoms with van der Waals surface area (Å²) < 4.78 is 2.13. The van der Waals surface area contributed by atoms with E-state index in [9.17, 15) is 0 Å². The zero-order valence-electron chi connectivity index (χ0n) is 11.8. The van der Waals surface area contributed by atoms with Crippen LogP contribution < -0.4 is 5.73 Å². The van der Waals surface area contributed by atoms with Crippen molar-refractivity contribution in [3.05, 3.63) is 53.5 Å². The van der Waals surface area contributed by atoms with Gasteiger partial charge in [-0.3, -0.25) is 4.57 Å². The number of pyridine rings is 1. The molecule has 0 fully saturated rings. The average Bonchev–Trinajstić information content (AvgIpc) is 2.80. The van der Waals surface area contributed by atoms with Gasteiger partial charge in [0.2, 0.25) is 0 Å². The van der Waals surface area contributed by atoms with E-state index in [1.807, 2.05) is 12.1 Å². The van der Waals surface area contributed by atoms with Gasteiger partial charge in [-0.05, 0) is 49.7 Å². The van der Waals surface area contributed by atoms with E-state index in [1.54, 1.807) is 6.20 Å². The molecule has 4 heteroatoms. The second-order valence-electron chi connectivity index (χ2n) is 5.04. The first-order valence-electron chi connectivity index (χ1n) is 6.81. The molecule has 0 radical (unpaired) electrons. The smallest absolute Gasteiger partial charge is 0.164 e. The summed E-state index contributed by atoms with van der Waals surface area (Å²) >= 11 is 0. The molecule has 20 heavy (non-hydrogen) atoms. The molecule has 0 spiro atoms. The van der Waals surface area contributed by atoms with E-state index >= 15 is 0 Å². The van der Waals surface area contributed by atoms with Crippen LogP contribution >= 0.6 is 0 Å². The Hall–Kier alpha value is -2.20. The first-order valence-corrected chi connectivity index (χ1v) is 6.81. The maximum atomic E-state index is 5.72. The molecule has 0 saturated heterocycles. The molecular formula is C16H18N4. The van der Waals surface area contributed by atoms with Gasteiger partial charge < -0.3 is 5.73 Å². The molecule has 102 valence electrons. The van der Waals surface area contributed by atoms with Crippen molar-refractivity contribution in [2.75, 3.05) is 6.54 Å². The maximum Gasteiger partial charge on any atom is 0.164 e. The summed E-state index contributed by atoms with van der Waals surface area (Å²) in [6.45, 7) is 4.78. The summed E-state index contributed by atoms with van der Waals surface area (Å²) in [5.74, 6) is 0.968. The highest BCUT2D eigenvalue weighted by Crippen LogP contribution is 2.23. The summed E-state index contributed by atoms with van der Waals surface area (Å²) in [4.78, 5) is 9.16. The third-order valence-electron chi connectivity index (χ3n) is 3.46. The second-order valence-corrected chi connectivity index (χ2v) is 5.04. The quantitative estimate of drug-likeness (QED) is 0.792. The number of aryl methyl sites for hydroxylation is 2. The van der Waals surface area contributed by atoms with Gasteiger partial charge in [0.25, 0.3) is 0 Å². The number of hydrogen-bond donors (Lipinski definition) is 1. The molecular weight excluding hydrogens is 248 g/mol. The molecule has 0 aliphatic heterocycles. The highest BCUT2D eigenvalue weighted by molar-refractivity contribution is 5.74. The highest BCUT2D eigenvalue weighted by atomic mass is 15.1. The lowest BCUT2D eigenvalue weighted by Crippen LogP contribution is -2.10. The van der Waals surface area contributed by atoms with Gasteiger partial charge in [0.1, 0.15) is 11.3 Å². The average molecular weight is 266 g/mol. The van der Waals surface area contributed by atoms with Crippen molar-refractivity contribution in [3.63, 3.8) is 0 Å². The topological polar surface area (TPSA) is 56.7 Å². The normalized spacial score (nSPS) is 11.2. The number of benzene rings is 1. The van der Waals surface area contributed by atoms with E-state index in [-0.39, 0.29) is 0 Å². The van der Waals surface area contributed by atoms with Gasteiger partial charge in [0.05, 0.1) is 5.69 Å². The Labute approximate surface area is 118 Å². The minimum absolute atomic E-state index is 0.578. The molecule has 0 aliphatic rings. The maximum absolute atomic E-state index is 5.72. The van der Waals surface area contributed by atoms with Crippen molar-refractivity contribution >= 4 is 11.2 Å². The van der Waals surface area contributed by atoms with Gasteiger partial charge in [-0.25, -0.2) is 9.97 Å². The van der Waals surface area contributed by atoms with E-state index in [0.717, 1.165) is 29.1 Å². The lowest BCUT2D eigenvalue weighted by molar-refractivity contribution is 0.841. The number of fused-ring (bicyclic) bond motifs is 1. The molecule has 0 aliphatic carbocycles. The van der Waals surface area contributed by atoms with Crippen LogP contribution in [0.1, 0.15) is 17.0 Å². The van der Waals surface area contributed by atoms with Crippen molar-refractivity contribution in [1.29, 1.82) is 0 Å². The molecule has 0 atom stereocenters. The number of nitrogens with two attached hydrogens (primary N) is 1. The molecule has 2 N–H and O–H groups in total. The van der Waals surface area contributed by atoms with Crippen LogP contribution in [0.25, 0.3) is 16.9 Å². The minimum Gasteiger partial charge on any atom is -0.330 e. The summed E-state index contributed by atoms with van der Waals surface area (Å²) in [5, 5.41) is 0. The molecule has 3 aromatic rings. The van der Waals surface area contributed by atoms with Crippen LogP contribution in [0.4, 0.5) is 0 Å². The van der Waals surface area contributed by atoms with Gasteiger partial charge in [-0.2, -0.15) is 0 Å². The van der Waals surface area contributed by atoms with Gasteiger partial charge in [0.15, 0.2) is 5.65 Å². The number of imidazole rings is 1. The summed E-state index contributed by atoms with van der Waals surface area (Å²) in [5.41, 5.74) is 11.1. The fourth-order valence-electron chi connectivity index (χ4n) is 2.47. The van der Waals surface area contributed by atoms with E-state index in [1.165, 1.54) is 11.1 Å². The molecule has 3 rings (SSSR count). The van der Waals surface area contributed by atoms with Crippen molar-refractivity contribution in [3.8, 4) is 5.69 Å². The molecule has 0 saturated carbocycles. The SMILES string of the molecule is Cc1ccc(C)c(-n2c(CCN)nc3cccnc32)c1. The lowest BCUT2D eigenvalue weighted by atomic mass is 10.1. The standard InChI is InChI=1S/C16H18N4/c1-11-5-6-12(2)14(10-11)20-15(7-8-17)19-13-4-3-9-18-16(13)20/h3-6,9-10H,7-8,17H2,1-2H3. The predicted molar refractivity (Wildman–Crippen MR) is 81.1 cm³/mol. The van der Waals surface area contributed by atoms with E-state index in [4.69, 9.17) is 5.73 Å². The zero-order valence-corrected chi connectivity index (χ0v) is 11.8. The fourth-order valence-corrected chi connectivity index (χ4v) is 2.47. The van der Waals surface area contributed by atoms with Crippen molar-refractivity contribution in [2.24, 2.45) is 5.73 Å². The van der Waals surface area contributed by atoms with Crippen LogP contribution in [0.15, 0.2) is 36.5 Å². The highest BCUT2D eigenvalue weighted by Gasteiger charge is 2.14. The van der Waals surface area contributed by atoms with E-state index in [2.05, 4.69) is 46.6 Å². The minimum atomic E-state index is 0.578. The van der Waals surface area contributed by atoms with Gasteiger partial charge >= 0.3 is 0 Å². The molecule has 2 aromatic heterocycles. The van der Waals surface area contributed by atoms with Crippen LogP contribution in [-0.4, -0.2) is 21.1 Å². The Morgan fingerprint density at radius 1 is 1.20 bits per heavy atom. The monoisotopic (exact) mass is 266 g/mol. The Morgan fingerprint density at radius 3 is 2.85 bits per heavy atom. The van der Waals surface area contributed by atoms with Gasteiger partial charge in [0, 0.05) is 12.6 Å². The molecule has 0 unspecified atom stereocenters. The van der Waals surface area contributed by atoms with Crippen LogP contribution in [0.5, 0.6) is 0 Å². The first kappa shape index (κ1) is 12.8. The first-order chi connectivity index (χ1) is 9.70. The Bertz CT molecular complexity index is 758. The third kappa shape index (κ3) is 2.08. The third-order valence-corrected chi connectivity index (χ3v) is 3.46. The summed E-state index contributed by atoms with van der Waals surface area (Å²) in [6, 6.07) is 10.3. The fraction of sp³-hybridized carbons (Fsp3) is 0.250. The zero-order chi connectivity index (χ0) is 14.1.